The van der Waals surface area contributed by atoms with Crippen molar-refractivity contribution in [3.8, 4) is 11.5 Å². The first-order chi connectivity index (χ1) is 14.1. The van der Waals surface area contributed by atoms with Gasteiger partial charge in [0.05, 0.1) is 23.4 Å². The number of likely N-dealkylation sites (tertiary alicyclic amines) is 1. The average molecular weight is 393 g/mol. The molecule has 1 spiro atoms. The molecule has 0 aromatic carbocycles. The van der Waals surface area contributed by atoms with Crippen molar-refractivity contribution in [2.75, 3.05) is 26.2 Å². The molecule has 2 aliphatic rings. The summed E-state index contributed by atoms with van der Waals surface area (Å²) in [4.78, 5) is 20.3. The van der Waals surface area contributed by atoms with Gasteiger partial charge in [-0.05, 0) is 63.3 Å². The molecular formula is C22H27N5O2. The fourth-order valence-corrected chi connectivity index (χ4v) is 4.70. The summed E-state index contributed by atoms with van der Waals surface area (Å²) in [5, 5.41) is 8.80. The minimum atomic E-state index is 0.0642. The van der Waals surface area contributed by atoms with Crippen LogP contribution in [0, 0.1) is 5.41 Å². The lowest BCUT2D eigenvalue weighted by Crippen LogP contribution is -2.44. The molecule has 5 heterocycles. The zero-order valence-electron chi connectivity index (χ0n) is 17.0. The fourth-order valence-electron chi connectivity index (χ4n) is 4.70. The summed E-state index contributed by atoms with van der Waals surface area (Å²) in [5.74, 6) is 0.724. The molecule has 29 heavy (non-hydrogen) atoms. The Kier molecular flexibility index (Phi) is 4.42. The van der Waals surface area contributed by atoms with Crippen molar-refractivity contribution in [1.29, 1.82) is 0 Å². The lowest BCUT2D eigenvalue weighted by atomic mass is 9.78. The number of carbonyl (C=O) groups excluding carboxylic acids is 1. The number of nitrogens with zero attached hydrogens (tertiary/aromatic N) is 4. The van der Waals surface area contributed by atoms with Gasteiger partial charge in [0.1, 0.15) is 5.69 Å². The first kappa shape index (κ1) is 18.4. The Bertz CT molecular complexity index is 1020. The molecule has 7 nitrogen and oxygen atoms in total. The van der Waals surface area contributed by atoms with E-state index in [1.54, 1.807) is 12.5 Å². The van der Waals surface area contributed by atoms with E-state index in [0.29, 0.717) is 22.4 Å². The van der Waals surface area contributed by atoms with Gasteiger partial charge in [0.15, 0.2) is 11.4 Å². The van der Waals surface area contributed by atoms with Gasteiger partial charge in [-0.2, -0.15) is 5.10 Å². The molecule has 3 aromatic heterocycles. The summed E-state index contributed by atoms with van der Waals surface area (Å²) in [7, 11) is 0. The van der Waals surface area contributed by atoms with Gasteiger partial charge >= 0.3 is 0 Å². The number of amides is 1. The lowest BCUT2D eigenvalue weighted by Gasteiger charge is -2.39. The lowest BCUT2D eigenvalue weighted by molar-refractivity contribution is 0.0609. The third-order valence-electron chi connectivity index (χ3n) is 6.50. The largest absolute Gasteiger partial charge is 0.463 e. The third kappa shape index (κ3) is 3.13. The predicted octanol–water partition coefficient (Wildman–Crippen LogP) is 3.49. The predicted molar refractivity (Wildman–Crippen MR) is 111 cm³/mol. The summed E-state index contributed by atoms with van der Waals surface area (Å²) in [5.41, 5.74) is 2.44. The van der Waals surface area contributed by atoms with E-state index >= 15 is 0 Å². The molecule has 2 fully saturated rings. The molecule has 0 aliphatic carbocycles. The van der Waals surface area contributed by atoms with Crippen molar-refractivity contribution in [2.45, 2.75) is 39.2 Å². The van der Waals surface area contributed by atoms with Crippen LogP contribution in [-0.2, 0) is 0 Å². The SMILES string of the molecule is CC(C)n1ncc2c(C(=O)N3CCC4(CCNC4)CC3)cc(-c3ccco3)nc21. The van der Waals surface area contributed by atoms with Crippen LogP contribution in [0.15, 0.2) is 35.1 Å². The zero-order valence-corrected chi connectivity index (χ0v) is 17.0. The second kappa shape index (κ2) is 6.99. The number of aromatic nitrogens is 3. The molecule has 2 saturated heterocycles. The van der Waals surface area contributed by atoms with Gasteiger partial charge in [-0.1, -0.05) is 0 Å². The highest BCUT2D eigenvalue weighted by Gasteiger charge is 2.38. The normalized spacial score (nSPS) is 18.9. The van der Waals surface area contributed by atoms with E-state index in [2.05, 4.69) is 24.3 Å². The molecule has 0 bridgehead atoms. The second-order valence-corrected chi connectivity index (χ2v) is 8.67. The van der Waals surface area contributed by atoms with Crippen molar-refractivity contribution in [2.24, 2.45) is 5.41 Å². The van der Waals surface area contributed by atoms with Crippen LogP contribution < -0.4 is 5.32 Å². The summed E-state index contributed by atoms with van der Waals surface area (Å²) in [6, 6.07) is 5.72. The third-order valence-corrected chi connectivity index (χ3v) is 6.50. The number of piperidine rings is 1. The van der Waals surface area contributed by atoms with E-state index in [1.165, 1.54) is 6.42 Å². The maximum absolute atomic E-state index is 13.5. The van der Waals surface area contributed by atoms with Gasteiger partial charge in [0.2, 0.25) is 0 Å². The van der Waals surface area contributed by atoms with Crippen molar-refractivity contribution < 1.29 is 9.21 Å². The average Bonchev–Trinajstić information content (AvgIpc) is 3.48. The number of carbonyl (C=O) groups is 1. The number of nitrogens with one attached hydrogen (secondary N) is 1. The molecule has 2 aliphatic heterocycles. The Morgan fingerprint density at radius 3 is 2.76 bits per heavy atom. The molecule has 0 atom stereocenters. The molecule has 152 valence electrons. The number of hydrogen-bond donors (Lipinski definition) is 1. The Morgan fingerprint density at radius 2 is 2.10 bits per heavy atom. The monoisotopic (exact) mass is 393 g/mol. The quantitative estimate of drug-likeness (QED) is 0.737. The van der Waals surface area contributed by atoms with Crippen LogP contribution in [0.4, 0.5) is 0 Å². The van der Waals surface area contributed by atoms with Gasteiger partial charge < -0.3 is 14.6 Å². The Labute approximate surface area is 170 Å². The van der Waals surface area contributed by atoms with Crippen molar-refractivity contribution in [3.05, 3.63) is 36.2 Å². The smallest absolute Gasteiger partial charge is 0.254 e. The molecule has 0 unspecified atom stereocenters. The first-order valence-corrected chi connectivity index (χ1v) is 10.5. The molecule has 0 radical (unpaired) electrons. The zero-order chi connectivity index (χ0) is 20.0. The van der Waals surface area contributed by atoms with Crippen LogP contribution >= 0.6 is 0 Å². The summed E-state index contributed by atoms with van der Waals surface area (Å²) >= 11 is 0. The maximum Gasteiger partial charge on any atom is 0.254 e. The Morgan fingerprint density at radius 1 is 1.28 bits per heavy atom. The second-order valence-electron chi connectivity index (χ2n) is 8.67. The molecule has 5 rings (SSSR count). The van der Waals surface area contributed by atoms with Gasteiger partial charge in [0.25, 0.3) is 5.91 Å². The highest BCUT2D eigenvalue weighted by atomic mass is 16.3. The number of furan rings is 1. The van der Waals surface area contributed by atoms with Gasteiger partial charge in [-0.25, -0.2) is 9.67 Å². The molecule has 0 saturated carbocycles. The van der Waals surface area contributed by atoms with Crippen molar-refractivity contribution in [3.63, 3.8) is 0 Å². The summed E-state index contributed by atoms with van der Waals surface area (Å²) in [6.45, 7) is 7.92. The van der Waals surface area contributed by atoms with Crippen LogP contribution in [0.25, 0.3) is 22.5 Å². The fraction of sp³-hybridized carbons (Fsp3) is 0.500. The molecule has 3 aromatic rings. The van der Waals surface area contributed by atoms with Crippen LogP contribution in [0.3, 0.4) is 0 Å². The molecular weight excluding hydrogens is 366 g/mol. The first-order valence-electron chi connectivity index (χ1n) is 10.5. The van der Waals surface area contributed by atoms with Crippen LogP contribution in [0.2, 0.25) is 0 Å². The van der Waals surface area contributed by atoms with E-state index in [-0.39, 0.29) is 11.9 Å². The van der Waals surface area contributed by atoms with Gasteiger partial charge in [-0.15, -0.1) is 0 Å². The highest BCUT2D eigenvalue weighted by Crippen LogP contribution is 2.37. The van der Waals surface area contributed by atoms with Gasteiger partial charge in [0, 0.05) is 25.7 Å². The van der Waals surface area contributed by atoms with E-state index in [1.807, 2.05) is 27.8 Å². The van der Waals surface area contributed by atoms with E-state index in [4.69, 9.17) is 9.40 Å². The van der Waals surface area contributed by atoms with Crippen LogP contribution in [0.1, 0.15) is 49.5 Å². The van der Waals surface area contributed by atoms with E-state index in [0.717, 1.165) is 50.1 Å². The van der Waals surface area contributed by atoms with Crippen LogP contribution in [-0.4, -0.2) is 51.8 Å². The molecule has 7 heteroatoms. The van der Waals surface area contributed by atoms with Crippen LogP contribution in [0.5, 0.6) is 0 Å². The minimum Gasteiger partial charge on any atom is -0.463 e. The Balaban J connectivity index is 1.52. The summed E-state index contributed by atoms with van der Waals surface area (Å²) < 4.78 is 7.43. The standard InChI is InChI=1S/C22H27N5O2/c1-15(2)27-20-17(13-24-27)16(12-18(25-20)19-4-3-11-29-19)21(28)26-9-6-22(7-10-26)5-8-23-14-22/h3-4,11-13,15,23H,5-10,14H2,1-2H3. The summed E-state index contributed by atoms with van der Waals surface area (Å²) in [6.07, 6.45) is 6.75. The van der Waals surface area contributed by atoms with Crippen molar-refractivity contribution in [1.82, 2.24) is 25.0 Å². The molecule has 1 amide bonds. The molecule has 1 N–H and O–H groups in total. The van der Waals surface area contributed by atoms with Crippen molar-refractivity contribution >= 4 is 16.9 Å². The van der Waals surface area contributed by atoms with E-state index < -0.39 is 0 Å². The van der Waals surface area contributed by atoms with Gasteiger partial charge in [-0.3, -0.25) is 4.79 Å². The number of hydrogen-bond acceptors (Lipinski definition) is 5. The number of pyridine rings is 1. The number of rotatable bonds is 3. The highest BCUT2D eigenvalue weighted by molar-refractivity contribution is 6.06. The van der Waals surface area contributed by atoms with E-state index in [9.17, 15) is 4.79 Å². The Hall–Kier alpha value is -2.67. The minimum absolute atomic E-state index is 0.0642. The maximum atomic E-state index is 13.5. The topological polar surface area (TPSA) is 76.2 Å². The number of fused-ring (bicyclic) bond motifs is 1.